The molecule has 2 aromatic carbocycles. The molecule has 7 heteroatoms. The van der Waals surface area contributed by atoms with Crippen molar-refractivity contribution in [3.63, 3.8) is 0 Å². The van der Waals surface area contributed by atoms with Crippen LogP contribution in [-0.4, -0.2) is 31.1 Å². The van der Waals surface area contributed by atoms with Crippen molar-refractivity contribution < 1.29 is 14.2 Å². The molecular weight excluding hydrogens is 377 g/mol. The molecule has 0 radical (unpaired) electrons. The second-order valence-electron chi connectivity index (χ2n) is 5.92. The molecule has 0 unspecified atom stereocenters. The molecule has 24 heavy (non-hydrogen) atoms. The monoisotopic (exact) mass is 394 g/mol. The Bertz CT molecular complexity index is 731. The fourth-order valence-corrected chi connectivity index (χ4v) is 3.31. The van der Waals surface area contributed by atoms with Gasteiger partial charge < -0.3 is 9.80 Å². The van der Waals surface area contributed by atoms with Gasteiger partial charge in [-0.2, -0.15) is 0 Å². The summed E-state index contributed by atoms with van der Waals surface area (Å²) in [5.74, 6) is -0.172. The fraction of sp³-hybridized carbons (Fsp3) is 0.294. The first kappa shape index (κ1) is 16.9. The van der Waals surface area contributed by atoms with Crippen molar-refractivity contribution in [3.8, 4) is 0 Å². The summed E-state index contributed by atoms with van der Waals surface area (Å²) in [6, 6.07) is 11.8. The van der Waals surface area contributed by atoms with Crippen LogP contribution in [0.25, 0.3) is 0 Å². The first-order valence-corrected chi connectivity index (χ1v) is 8.59. The van der Waals surface area contributed by atoms with E-state index in [2.05, 4.69) is 20.8 Å². The number of hydrogen-bond donors (Lipinski definition) is 1. The minimum absolute atomic E-state index is 0.105. The Morgan fingerprint density at radius 2 is 1.83 bits per heavy atom. The second-order valence-corrected chi connectivity index (χ2v) is 6.84. The molecule has 3 rings (SSSR count). The van der Waals surface area contributed by atoms with Crippen LogP contribution in [-0.2, 0) is 6.54 Å². The van der Waals surface area contributed by atoms with E-state index >= 15 is 0 Å². The van der Waals surface area contributed by atoms with Gasteiger partial charge in [0.1, 0.15) is 12.4 Å². The highest BCUT2D eigenvalue weighted by molar-refractivity contribution is 9.10. The third-order valence-electron chi connectivity index (χ3n) is 4.35. The number of anilines is 1. The molecule has 0 atom stereocenters. The second kappa shape index (κ2) is 7.27. The molecule has 0 aliphatic carbocycles. The van der Waals surface area contributed by atoms with Crippen molar-refractivity contribution in [2.45, 2.75) is 6.54 Å². The van der Waals surface area contributed by atoms with Crippen LogP contribution >= 0.6 is 15.9 Å². The highest BCUT2D eigenvalue weighted by atomic mass is 79.9. The summed E-state index contributed by atoms with van der Waals surface area (Å²) in [6.45, 7) is 4.20. The molecule has 126 valence electrons. The van der Waals surface area contributed by atoms with Crippen molar-refractivity contribution in [1.29, 1.82) is 0 Å². The van der Waals surface area contributed by atoms with Crippen LogP contribution in [0.3, 0.4) is 0 Å². The number of nitrogens with one attached hydrogen (secondary N) is 1. The zero-order valence-corrected chi connectivity index (χ0v) is 14.6. The van der Waals surface area contributed by atoms with Crippen LogP contribution in [0.15, 0.2) is 46.9 Å². The van der Waals surface area contributed by atoms with Crippen molar-refractivity contribution in [2.24, 2.45) is 0 Å². The quantitative estimate of drug-likeness (QED) is 0.639. The predicted octanol–water partition coefficient (Wildman–Crippen LogP) is 2.40. The lowest BCUT2D eigenvalue weighted by Crippen LogP contribution is -3.13. The molecule has 0 amide bonds. The summed E-state index contributed by atoms with van der Waals surface area (Å²) in [4.78, 5) is 13.9. The minimum Gasteiger partial charge on any atom is -0.360 e. The molecule has 5 nitrogen and oxygen atoms in total. The van der Waals surface area contributed by atoms with Gasteiger partial charge >= 0.3 is 0 Å². The minimum atomic E-state index is -0.390. The van der Waals surface area contributed by atoms with Crippen LogP contribution in [0.2, 0.25) is 0 Å². The van der Waals surface area contributed by atoms with E-state index in [9.17, 15) is 14.5 Å². The smallest absolute Gasteiger partial charge is 0.269 e. The molecule has 1 N–H and O–H groups in total. The molecule has 1 aliphatic rings. The summed E-state index contributed by atoms with van der Waals surface area (Å²) < 4.78 is 14.7. The molecular formula is C17H18BrFN3O2+. The van der Waals surface area contributed by atoms with Crippen molar-refractivity contribution in [1.82, 2.24) is 0 Å². The summed E-state index contributed by atoms with van der Waals surface area (Å²) in [7, 11) is 0. The first-order valence-electron chi connectivity index (χ1n) is 7.80. The molecule has 1 fully saturated rings. The number of non-ortho nitro benzene ring substituents is 1. The lowest BCUT2D eigenvalue weighted by atomic mass is 10.1. The standard InChI is InChI=1S/C17H17BrFN3O2/c18-14-2-1-13(17(19)11-14)12-20-7-9-21(10-8-20)15-3-5-16(6-4-15)22(23)24/h1-6,11H,7-10,12H2/p+1. The highest BCUT2D eigenvalue weighted by Gasteiger charge is 2.21. The summed E-state index contributed by atoms with van der Waals surface area (Å²) >= 11 is 3.27. The van der Waals surface area contributed by atoms with Gasteiger partial charge in [0.15, 0.2) is 0 Å². The Kier molecular flexibility index (Phi) is 5.11. The van der Waals surface area contributed by atoms with Crippen LogP contribution in [0.1, 0.15) is 5.56 Å². The van der Waals surface area contributed by atoms with E-state index in [-0.39, 0.29) is 11.5 Å². The Morgan fingerprint density at radius 1 is 1.17 bits per heavy atom. The van der Waals surface area contributed by atoms with E-state index in [1.807, 2.05) is 12.1 Å². The van der Waals surface area contributed by atoms with Gasteiger partial charge in [-0.15, -0.1) is 0 Å². The van der Waals surface area contributed by atoms with Crippen LogP contribution in [0, 0.1) is 15.9 Å². The number of hydrogen-bond acceptors (Lipinski definition) is 3. The molecule has 0 spiro atoms. The summed E-state index contributed by atoms with van der Waals surface area (Å²) in [6.07, 6.45) is 0. The van der Waals surface area contributed by atoms with Crippen LogP contribution in [0.5, 0.6) is 0 Å². The largest absolute Gasteiger partial charge is 0.360 e. The SMILES string of the molecule is O=[N+]([O-])c1ccc(N2CC[NH+](Cc3ccc(Br)cc3F)CC2)cc1. The van der Waals surface area contributed by atoms with Gasteiger partial charge in [-0.1, -0.05) is 15.9 Å². The summed E-state index contributed by atoms with van der Waals surface area (Å²) in [5.41, 5.74) is 1.83. The van der Waals surface area contributed by atoms with Gasteiger partial charge in [0.2, 0.25) is 0 Å². The number of benzene rings is 2. The number of quaternary nitrogens is 1. The Hall–Kier alpha value is -1.99. The number of nitro groups is 1. The molecule has 1 aliphatic heterocycles. The molecule has 1 saturated heterocycles. The van der Waals surface area contributed by atoms with Crippen molar-refractivity contribution in [2.75, 3.05) is 31.1 Å². The van der Waals surface area contributed by atoms with Gasteiger partial charge in [0.05, 0.1) is 31.1 Å². The van der Waals surface area contributed by atoms with Crippen LogP contribution in [0.4, 0.5) is 15.8 Å². The highest BCUT2D eigenvalue weighted by Crippen LogP contribution is 2.19. The van der Waals surface area contributed by atoms with E-state index in [0.29, 0.717) is 6.54 Å². The summed E-state index contributed by atoms with van der Waals surface area (Å²) in [5, 5.41) is 10.7. The van der Waals surface area contributed by atoms with E-state index in [0.717, 1.165) is 41.9 Å². The van der Waals surface area contributed by atoms with E-state index in [1.54, 1.807) is 12.1 Å². The third-order valence-corrected chi connectivity index (χ3v) is 4.85. The van der Waals surface area contributed by atoms with Gasteiger partial charge in [-0.3, -0.25) is 10.1 Å². The maximum atomic E-state index is 13.9. The maximum Gasteiger partial charge on any atom is 0.269 e. The van der Waals surface area contributed by atoms with Gasteiger partial charge in [0.25, 0.3) is 5.69 Å². The average molecular weight is 395 g/mol. The molecule has 0 saturated carbocycles. The Morgan fingerprint density at radius 3 is 2.42 bits per heavy atom. The molecule has 0 aromatic heterocycles. The van der Waals surface area contributed by atoms with Gasteiger partial charge in [0, 0.05) is 27.9 Å². The average Bonchev–Trinajstić information content (AvgIpc) is 2.58. The number of rotatable bonds is 4. The van der Waals surface area contributed by atoms with Gasteiger partial charge in [-0.25, -0.2) is 4.39 Å². The van der Waals surface area contributed by atoms with Crippen LogP contribution < -0.4 is 9.80 Å². The van der Waals surface area contributed by atoms with Crippen molar-refractivity contribution in [3.05, 3.63) is 68.4 Å². The van der Waals surface area contributed by atoms with E-state index in [4.69, 9.17) is 0 Å². The lowest BCUT2D eigenvalue weighted by molar-refractivity contribution is -0.914. The Balaban J connectivity index is 1.58. The number of piperazine rings is 1. The molecule has 0 bridgehead atoms. The van der Waals surface area contributed by atoms with E-state index < -0.39 is 4.92 Å². The third kappa shape index (κ3) is 3.91. The Labute approximate surface area is 148 Å². The number of nitrogens with zero attached hydrogens (tertiary/aromatic N) is 2. The zero-order chi connectivity index (χ0) is 17.1. The normalized spacial score (nSPS) is 15.5. The van der Waals surface area contributed by atoms with Crippen molar-refractivity contribution >= 4 is 27.3 Å². The first-order chi connectivity index (χ1) is 11.5. The molecule has 2 aromatic rings. The van der Waals surface area contributed by atoms with E-state index in [1.165, 1.54) is 23.1 Å². The number of nitro benzene ring substituents is 1. The maximum absolute atomic E-state index is 13.9. The predicted molar refractivity (Wildman–Crippen MR) is 93.8 cm³/mol. The zero-order valence-electron chi connectivity index (χ0n) is 13.0. The fourth-order valence-electron chi connectivity index (χ4n) is 2.98. The topological polar surface area (TPSA) is 50.8 Å². The number of halogens is 2. The lowest BCUT2D eigenvalue weighted by Gasteiger charge is -2.33. The van der Waals surface area contributed by atoms with Gasteiger partial charge in [-0.05, 0) is 30.3 Å². The molecule has 1 heterocycles.